The molecule has 0 unspecified atom stereocenters. The van der Waals surface area contributed by atoms with Crippen LogP contribution in [0.3, 0.4) is 0 Å². The van der Waals surface area contributed by atoms with Crippen molar-refractivity contribution in [2.75, 3.05) is 5.01 Å². The predicted molar refractivity (Wildman–Crippen MR) is 52.5 cm³/mol. The Hall–Kier alpha value is -1.95. The summed E-state index contributed by atoms with van der Waals surface area (Å²) in [6.45, 7) is 1.97. The third kappa shape index (κ3) is 0.754. The minimum atomic E-state index is 0.679. The van der Waals surface area contributed by atoms with E-state index in [2.05, 4.69) is 15.1 Å². The topological polar surface area (TPSA) is 71.8 Å². The van der Waals surface area contributed by atoms with Gasteiger partial charge in [-0.3, -0.25) is 0 Å². The van der Waals surface area contributed by atoms with Crippen molar-refractivity contribution >= 4 is 23.4 Å². The number of hydrazine groups is 1. The maximum absolute atomic E-state index is 5.69. The second kappa shape index (κ2) is 2.30. The van der Waals surface area contributed by atoms with Crippen molar-refractivity contribution in [1.29, 1.82) is 0 Å². The molecule has 14 heavy (non-hydrogen) atoms. The average molecular weight is 188 g/mol. The Morgan fingerprint density at radius 3 is 3.14 bits per heavy atom. The highest BCUT2D eigenvalue weighted by Gasteiger charge is 2.18. The fourth-order valence-electron chi connectivity index (χ4n) is 1.63. The van der Waals surface area contributed by atoms with Crippen molar-refractivity contribution < 1.29 is 0 Å². The van der Waals surface area contributed by atoms with Crippen LogP contribution >= 0.6 is 0 Å². The smallest absolute Gasteiger partial charge is 0.178 e. The van der Waals surface area contributed by atoms with E-state index < -0.39 is 0 Å². The second-order valence-corrected chi connectivity index (χ2v) is 3.17. The standard InChI is InChI=1S/C8H8N6/c1-5-2-6-7-8(13(9)4-11-6)10-3-12-14(5)7/h2-4H,9H2,1H3. The lowest BCUT2D eigenvalue weighted by atomic mass is 10.4. The van der Waals surface area contributed by atoms with E-state index in [1.54, 1.807) is 10.9 Å². The molecular formula is C8H8N6. The van der Waals surface area contributed by atoms with Crippen LogP contribution in [-0.2, 0) is 0 Å². The number of aryl methyl sites for hydroxylation is 1. The Morgan fingerprint density at radius 1 is 1.43 bits per heavy atom. The zero-order valence-corrected chi connectivity index (χ0v) is 7.55. The Bertz CT molecular complexity index is 540. The first-order valence-corrected chi connectivity index (χ1v) is 4.19. The van der Waals surface area contributed by atoms with Gasteiger partial charge >= 0.3 is 0 Å². The fourth-order valence-corrected chi connectivity index (χ4v) is 1.63. The second-order valence-electron chi connectivity index (χ2n) is 3.17. The van der Waals surface area contributed by atoms with Crippen LogP contribution in [0.5, 0.6) is 0 Å². The molecule has 2 aromatic rings. The number of hydrogen-bond donors (Lipinski definition) is 1. The maximum atomic E-state index is 5.69. The van der Waals surface area contributed by atoms with Crippen LogP contribution in [-0.4, -0.2) is 20.9 Å². The van der Waals surface area contributed by atoms with E-state index in [-0.39, 0.29) is 0 Å². The summed E-state index contributed by atoms with van der Waals surface area (Å²) in [5, 5.41) is 5.52. The molecule has 0 bridgehead atoms. The normalized spacial score (nSPS) is 14.0. The highest BCUT2D eigenvalue weighted by Crippen LogP contribution is 2.31. The molecule has 0 saturated heterocycles. The monoisotopic (exact) mass is 188 g/mol. The van der Waals surface area contributed by atoms with Crippen molar-refractivity contribution in [3.05, 3.63) is 18.1 Å². The minimum Gasteiger partial charge on any atom is -0.249 e. The molecule has 2 aromatic heterocycles. The van der Waals surface area contributed by atoms with E-state index in [9.17, 15) is 0 Å². The Balaban J connectivity index is 2.53. The van der Waals surface area contributed by atoms with Crippen molar-refractivity contribution in [1.82, 2.24) is 14.6 Å². The maximum Gasteiger partial charge on any atom is 0.178 e. The molecule has 6 heteroatoms. The summed E-state index contributed by atoms with van der Waals surface area (Å²) in [5.74, 6) is 6.37. The number of nitrogens with zero attached hydrogens (tertiary/aromatic N) is 5. The number of nitrogens with two attached hydrogens (primary N) is 1. The van der Waals surface area contributed by atoms with Crippen molar-refractivity contribution in [3.63, 3.8) is 0 Å². The molecule has 0 amide bonds. The van der Waals surface area contributed by atoms with Gasteiger partial charge in [0.25, 0.3) is 0 Å². The SMILES string of the molecule is Cc1cc2c3c(ncnn13)N(N)C=N2. The predicted octanol–water partition coefficient (Wildman–Crippen LogP) is 0.391. The summed E-state index contributed by atoms with van der Waals surface area (Å²) < 4.78 is 1.79. The van der Waals surface area contributed by atoms with Crippen LogP contribution in [0.1, 0.15) is 5.69 Å². The highest BCUT2D eigenvalue weighted by atomic mass is 15.5. The fraction of sp³-hybridized carbons (Fsp3) is 0.125. The van der Waals surface area contributed by atoms with Crippen LogP contribution in [0.25, 0.3) is 5.52 Å². The molecule has 1 aliphatic rings. The van der Waals surface area contributed by atoms with E-state index >= 15 is 0 Å². The lowest BCUT2D eigenvalue weighted by Gasteiger charge is -2.15. The van der Waals surface area contributed by atoms with E-state index in [0.717, 1.165) is 16.9 Å². The summed E-state index contributed by atoms with van der Waals surface area (Å²) in [6.07, 6.45) is 3.03. The van der Waals surface area contributed by atoms with Gasteiger partial charge in [-0.25, -0.2) is 25.3 Å². The molecule has 0 atom stereocenters. The van der Waals surface area contributed by atoms with E-state index in [1.165, 1.54) is 11.3 Å². The van der Waals surface area contributed by atoms with Crippen LogP contribution < -0.4 is 10.9 Å². The molecule has 0 aliphatic carbocycles. The molecular weight excluding hydrogens is 180 g/mol. The van der Waals surface area contributed by atoms with Gasteiger partial charge in [0.05, 0.1) is 5.69 Å². The van der Waals surface area contributed by atoms with Crippen molar-refractivity contribution in [2.45, 2.75) is 6.92 Å². The molecule has 1 aliphatic heterocycles. The van der Waals surface area contributed by atoms with Crippen LogP contribution in [0.15, 0.2) is 17.4 Å². The Kier molecular flexibility index (Phi) is 1.22. The average Bonchev–Trinajstić information content (AvgIpc) is 2.52. The van der Waals surface area contributed by atoms with Gasteiger partial charge in [-0.2, -0.15) is 5.10 Å². The number of aliphatic imine (C=N–C) groups is 1. The van der Waals surface area contributed by atoms with Crippen LogP contribution in [0.4, 0.5) is 11.5 Å². The number of anilines is 1. The Morgan fingerprint density at radius 2 is 2.29 bits per heavy atom. The zero-order chi connectivity index (χ0) is 9.71. The van der Waals surface area contributed by atoms with Gasteiger partial charge in [0, 0.05) is 5.69 Å². The minimum absolute atomic E-state index is 0.679. The highest BCUT2D eigenvalue weighted by molar-refractivity contribution is 5.96. The molecule has 70 valence electrons. The van der Waals surface area contributed by atoms with Crippen LogP contribution in [0, 0.1) is 6.92 Å². The molecule has 0 saturated carbocycles. The molecule has 0 radical (unpaired) electrons. The van der Waals surface area contributed by atoms with E-state index in [4.69, 9.17) is 5.84 Å². The number of aromatic nitrogens is 3. The lowest BCUT2D eigenvalue weighted by molar-refractivity contribution is 0.862. The summed E-state index contributed by atoms with van der Waals surface area (Å²) in [7, 11) is 0. The quantitative estimate of drug-likeness (QED) is 0.607. The van der Waals surface area contributed by atoms with Crippen LogP contribution in [0.2, 0.25) is 0 Å². The Labute approximate surface area is 79.6 Å². The first-order chi connectivity index (χ1) is 6.77. The molecule has 0 spiro atoms. The number of rotatable bonds is 0. The van der Waals surface area contributed by atoms with Gasteiger partial charge in [-0.15, -0.1) is 0 Å². The van der Waals surface area contributed by atoms with Gasteiger partial charge in [-0.05, 0) is 13.0 Å². The molecule has 2 N–H and O–H groups in total. The van der Waals surface area contributed by atoms with Crippen molar-refractivity contribution in [2.24, 2.45) is 10.8 Å². The zero-order valence-electron chi connectivity index (χ0n) is 7.55. The molecule has 6 nitrogen and oxygen atoms in total. The molecule has 0 aromatic carbocycles. The van der Waals surface area contributed by atoms with Gasteiger partial charge in [0.15, 0.2) is 5.82 Å². The molecule has 3 rings (SSSR count). The first-order valence-electron chi connectivity index (χ1n) is 4.19. The van der Waals surface area contributed by atoms with Crippen molar-refractivity contribution in [3.8, 4) is 0 Å². The van der Waals surface area contributed by atoms with Gasteiger partial charge < -0.3 is 0 Å². The van der Waals surface area contributed by atoms with Gasteiger partial charge in [0.1, 0.15) is 18.2 Å². The summed E-state index contributed by atoms with van der Waals surface area (Å²) in [6, 6.07) is 1.96. The third-order valence-electron chi connectivity index (χ3n) is 2.26. The first kappa shape index (κ1) is 7.45. The number of hydrogen-bond acceptors (Lipinski definition) is 5. The van der Waals surface area contributed by atoms with E-state index in [0.29, 0.717) is 5.82 Å². The summed E-state index contributed by atoms with van der Waals surface area (Å²) >= 11 is 0. The molecule has 3 heterocycles. The van der Waals surface area contributed by atoms with E-state index in [1.807, 2.05) is 13.0 Å². The summed E-state index contributed by atoms with van der Waals surface area (Å²) in [4.78, 5) is 8.30. The van der Waals surface area contributed by atoms with Gasteiger partial charge in [-0.1, -0.05) is 0 Å². The third-order valence-corrected chi connectivity index (χ3v) is 2.26. The molecule has 0 fully saturated rings. The largest absolute Gasteiger partial charge is 0.249 e. The lowest BCUT2D eigenvalue weighted by Crippen LogP contribution is -2.31. The van der Waals surface area contributed by atoms with Gasteiger partial charge in [0.2, 0.25) is 0 Å². The summed E-state index contributed by atoms with van der Waals surface area (Å²) in [5.41, 5.74) is 2.74.